The number of piperazine rings is 1. The van der Waals surface area contributed by atoms with Crippen molar-refractivity contribution in [2.24, 2.45) is 0 Å². The summed E-state index contributed by atoms with van der Waals surface area (Å²) in [6.07, 6.45) is 4.47. The van der Waals surface area contributed by atoms with E-state index < -0.39 is 0 Å². The summed E-state index contributed by atoms with van der Waals surface area (Å²) in [5.41, 5.74) is 2.57. The van der Waals surface area contributed by atoms with Crippen LogP contribution in [0.4, 0.5) is 0 Å². The van der Waals surface area contributed by atoms with E-state index in [1.807, 2.05) is 12.1 Å². The summed E-state index contributed by atoms with van der Waals surface area (Å²) in [4.78, 5) is 5.01. The molecule has 0 unspecified atom stereocenters. The molecule has 0 aliphatic carbocycles. The van der Waals surface area contributed by atoms with Gasteiger partial charge >= 0.3 is 0 Å². The molecular formula is C20H23ClN2. The second-order valence-corrected chi connectivity index (χ2v) is 6.46. The van der Waals surface area contributed by atoms with Crippen LogP contribution in [0.5, 0.6) is 0 Å². The molecule has 0 N–H and O–H groups in total. The average molecular weight is 327 g/mol. The summed E-state index contributed by atoms with van der Waals surface area (Å²) in [7, 11) is 0. The predicted molar refractivity (Wildman–Crippen MR) is 98.6 cm³/mol. The monoisotopic (exact) mass is 326 g/mol. The Morgan fingerprint density at radius 2 is 1.61 bits per heavy atom. The Morgan fingerprint density at radius 3 is 2.35 bits per heavy atom. The summed E-state index contributed by atoms with van der Waals surface area (Å²) < 4.78 is 0. The highest BCUT2D eigenvalue weighted by molar-refractivity contribution is 6.30. The van der Waals surface area contributed by atoms with Crippen molar-refractivity contribution in [3.05, 3.63) is 76.8 Å². The quantitative estimate of drug-likeness (QED) is 0.813. The van der Waals surface area contributed by atoms with Crippen molar-refractivity contribution in [3.63, 3.8) is 0 Å². The number of hydrogen-bond acceptors (Lipinski definition) is 2. The van der Waals surface area contributed by atoms with Crippen LogP contribution in [0.2, 0.25) is 5.02 Å². The maximum atomic E-state index is 6.06. The smallest absolute Gasteiger partial charge is 0.0409 e. The zero-order chi connectivity index (χ0) is 15.9. The molecule has 3 rings (SSSR count). The molecule has 120 valence electrons. The topological polar surface area (TPSA) is 6.48 Å². The Morgan fingerprint density at radius 1 is 0.870 bits per heavy atom. The van der Waals surface area contributed by atoms with Crippen molar-refractivity contribution in [3.8, 4) is 0 Å². The molecule has 1 aliphatic heterocycles. The molecular weight excluding hydrogens is 304 g/mol. The van der Waals surface area contributed by atoms with Crippen molar-refractivity contribution in [2.75, 3.05) is 32.7 Å². The van der Waals surface area contributed by atoms with Crippen LogP contribution in [0.3, 0.4) is 0 Å². The molecule has 0 atom stereocenters. The Hall–Kier alpha value is -1.61. The highest BCUT2D eigenvalue weighted by atomic mass is 35.5. The minimum absolute atomic E-state index is 0.826. The molecule has 23 heavy (non-hydrogen) atoms. The number of benzene rings is 2. The lowest BCUT2D eigenvalue weighted by Crippen LogP contribution is -2.45. The van der Waals surface area contributed by atoms with Gasteiger partial charge in [-0.1, -0.05) is 66.2 Å². The van der Waals surface area contributed by atoms with E-state index in [0.717, 1.165) is 44.3 Å². The molecule has 2 aromatic rings. The lowest BCUT2D eigenvalue weighted by Gasteiger charge is -2.34. The fraction of sp³-hybridized carbons (Fsp3) is 0.300. The average Bonchev–Trinajstić information content (AvgIpc) is 2.58. The predicted octanol–water partition coefficient (Wildman–Crippen LogP) is 4.17. The molecule has 0 bridgehead atoms. The molecule has 1 heterocycles. The summed E-state index contributed by atoms with van der Waals surface area (Å²) >= 11 is 6.06. The lowest BCUT2D eigenvalue weighted by atomic mass is 10.2. The van der Waals surface area contributed by atoms with Crippen LogP contribution >= 0.6 is 11.6 Å². The maximum Gasteiger partial charge on any atom is 0.0409 e. The Bertz CT molecular complexity index is 631. The van der Waals surface area contributed by atoms with E-state index in [-0.39, 0.29) is 0 Å². The molecule has 3 heteroatoms. The second kappa shape index (κ2) is 8.30. The van der Waals surface area contributed by atoms with Crippen molar-refractivity contribution >= 4 is 17.7 Å². The first-order valence-electron chi connectivity index (χ1n) is 8.20. The van der Waals surface area contributed by atoms with Crippen molar-refractivity contribution in [1.82, 2.24) is 9.80 Å². The van der Waals surface area contributed by atoms with Gasteiger partial charge in [-0.15, -0.1) is 0 Å². The number of halogens is 1. The summed E-state index contributed by atoms with van der Waals surface area (Å²) in [5.74, 6) is 0. The minimum Gasteiger partial charge on any atom is -0.297 e. The Labute approximate surface area is 144 Å². The molecule has 0 radical (unpaired) electrons. The number of hydrogen-bond donors (Lipinski definition) is 0. The van der Waals surface area contributed by atoms with Crippen molar-refractivity contribution < 1.29 is 0 Å². The molecule has 0 aromatic heterocycles. The van der Waals surface area contributed by atoms with Crippen molar-refractivity contribution in [2.45, 2.75) is 6.54 Å². The van der Waals surface area contributed by atoms with E-state index in [1.165, 1.54) is 11.1 Å². The van der Waals surface area contributed by atoms with Crippen LogP contribution in [-0.4, -0.2) is 42.5 Å². The SMILES string of the molecule is Clc1cccc(CN2CCN(C/C=C/c3ccccc3)CC2)c1. The fourth-order valence-electron chi connectivity index (χ4n) is 2.93. The molecule has 1 fully saturated rings. The van der Waals surface area contributed by atoms with E-state index in [1.54, 1.807) is 0 Å². The fourth-order valence-corrected chi connectivity index (χ4v) is 3.14. The van der Waals surface area contributed by atoms with E-state index in [9.17, 15) is 0 Å². The van der Waals surface area contributed by atoms with E-state index in [0.29, 0.717) is 0 Å². The summed E-state index contributed by atoms with van der Waals surface area (Å²) in [6, 6.07) is 18.7. The van der Waals surface area contributed by atoms with Crippen LogP contribution in [-0.2, 0) is 6.54 Å². The van der Waals surface area contributed by atoms with Gasteiger partial charge in [-0.2, -0.15) is 0 Å². The van der Waals surface area contributed by atoms with Crippen LogP contribution in [0, 0.1) is 0 Å². The van der Waals surface area contributed by atoms with Crippen molar-refractivity contribution in [1.29, 1.82) is 0 Å². The Balaban J connectivity index is 1.42. The van der Waals surface area contributed by atoms with E-state index in [4.69, 9.17) is 11.6 Å². The van der Waals surface area contributed by atoms with Crippen LogP contribution in [0.15, 0.2) is 60.7 Å². The third kappa shape index (κ3) is 5.21. The standard InChI is InChI=1S/C20H23ClN2/c21-20-10-4-8-19(16-20)17-23-14-12-22(13-15-23)11-5-9-18-6-2-1-3-7-18/h1-10,16H,11-15,17H2/b9-5+. The van der Waals surface area contributed by atoms with Crippen LogP contribution in [0.1, 0.15) is 11.1 Å². The molecule has 1 aliphatic rings. The van der Waals surface area contributed by atoms with Crippen LogP contribution in [0.25, 0.3) is 6.08 Å². The first-order chi connectivity index (χ1) is 11.3. The third-order valence-corrected chi connectivity index (χ3v) is 4.47. The van der Waals surface area contributed by atoms with Gasteiger partial charge in [-0.3, -0.25) is 9.80 Å². The summed E-state index contributed by atoms with van der Waals surface area (Å²) in [6.45, 7) is 6.50. The maximum absolute atomic E-state index is 6.06. The number of rotatable bonds is 5. The van der Waals surface area contributed by atoms with Gasteiger partial charge in [-0.05, 0) is 23.3 Å². The normalized spacial score (nSPS) is 16.9. The van der Waals surface area contributed by atoms with E-state index in [2.05, 4.69) is 64.4 Å². The number of nitrogens with zero attached hydrogens (tertiary/aromatic N) is 2. The first kappa shape index (κ1) is 16.3. The van der Waals surface area contributed by atoms with Gasteiger partial charge in [0, 0.05) is 44.3 Å². The van der Waals surface area contributed by atoms with Crippen LogP contribution < -0.4 is 0 Å². The van der Waals surface area contributed by atoms with Gasteiger partial charge in [0.05, 0.1) is 0 Å². The van der Waals surface area contributed by atoms with Gasteiger partial charge in [0.1, 0.15) is 0 Å². The second-order valence-electron chi connectivity index (χ2n) is 6.02. The zero-order valence-corrected chi connectivity index (χ0v) is 14.1. The van der Waals surface area contributed by atoms with Gasteiger partial charge in [0.2, 0.25) is 0 Å². The lowest BCUT2D eigenvalue weighted by molar-refractivity contribution is 0.137. The summed E-state index contributed by atoms with van der Waals surface area (Å²) in [5, 5.41) is 0.826. The third-order valence-electron chi connectivity index (χ3n) is 4.23. The Kier molecular flexibility index (Phi) is 5.87. The molecule has 1 saturated heterocycles. The molecule has 2 aromatic carbocycles. The molecule has 0 spiro atoms. The molecule has 0 amide bonds. The molecule has 0 saturated carbocycles. The van der Waals surface area contributed by atoms with Gasteiger partial charge in [0.15, 0.2) is 0 Å². The largest absolute Gasteiger partial charge is 0.297 e. The zero-order valence-electron chi connectivity index (χ0n) is 13.4. The van der Waals surface area contributed by atoms with E-state index >= 15 is 0 Å². The highest BCUT2D eigenvalue weighted by Crippen LogP contribution is 2.14. The highest BCUT2D eigenvalue weighted by Gasteiger charge is 2.15. The van der Waals surface area contributed by atoms with Gasteiger partial charge in [0.25, 0.3) is 0 Å². The minimum atomic E-state index is 0.826. The first-order valence-corrected chi connectivity index (χ1v) is 8.58. The van der Waals surface area contributed by atoms with Gasteiger partial charge in [-0.25, -0.2) is 0 Å². The van der Waals surface area contributed by atoms with Gasteiger partial charge < -0.3 is 0 Å². The molecule has 2 nitrogen and oxygen atoms in total.